The summed E-state index contributed by atoms with van der Waals surface area (Å²) in [6.45, 7) is 5.48. The van der Waals surface area contributed by atoms with Gasteiger partial charge in [-0.1, -0.05) is 13.3 Å². The maximum Gasteiger partial charge on any atom is 0.407 e. The molecule has 0 heterocycles. The molecule has 0 saturated heterocycles. The fourth-order valence-electron chi connectivity index (χ4n) is 0.629. The van der Waals surface area contributed by atoms with Crippen LogP contribution in [0.15, 0.2) is 0 Å². The Kier molecular flexibility index (Phi) is 5.93. The second-order valence-electron chi connectivity index (χ2n) is 2.97. The van der Waals surface area contributed by atoms with Gasteiger partial charge in [-0.15, -0.1) is 0 Å². The molecule has 1 N–H and O–H groups in total. The fourth-order valence-corrected chi connectivity index (χ4v) is 0.629. The van der Waals surface area contributed by atoms with E-state index in [4.69, 9.17) is 4.74 Å². The summed E-state index contributed by atoms with van der Waals surface area (Å²) in [5.41, 5.74) is 0. The highest BCUT2D eigenvalue weighted by Crippen LogP contribution is 1.90. The topological polar surface area (TPSA) is 55.4 Å². The van der Waals surface area contributed by atoms with Crippen molar-refractivity contribution < 1.29 is 14.3 Å². The highest BCUT2D eigenvalue weighted by atomic mass is 16.5. The lowest BCUT2D eigenvalue weighted by Crippen LogP contribution is -2.37. The third-order valence-electron chi connectivity index (χ3n) is 1.68. The molecule has 1 amide bonds. The summed E-state index contributed by atoms with van der Waals surface area (Å²) in [7, 11) is 0. The van der Waals surface area contributed by atoms with Crippen molar-refractivity contribution in [1.82, 2.24) is 5.32 Å². The number of hydrogen-bond acceptors (Lipinski definition) is 3. The highest BCUT2D eigenvalue weighted by molar-refractivity contribution is 5.84. The number of carbonyl (C=O) groups excluding carboxylic acids is 2. The Hall–Kier alpha value is -1.06. The molecule has 76 valence electrons. The molecule has 13 heavy (non-hydrogen) atoms. The van der Waals surface area contributed by atoms with Gasteiger partial charge in [0.15, 0.2) is 5.78 Å². The summed E-state index contributed by atoms with van der Waals surface area (Å²) in [4.78, 5) is 21.7. The standard InChI is InChI=1S/C9H17NO3/c1-4-5-6-13-9(12)10-7(2)8(3)11/h7H,4-6H2,1-3H3,(H,10,12)/t7-/m1/s1. The number of rotatable bonds is 5. The van der Waals surface area contributed by atoms with E-state index in [-0.39, 0.29) is 5.78 Å². The van der Waals surface area contributed by atoms with Crippen LogP contribution in [0.3, 0.4) is 0 Å². The number of nitrogens with one attached hydrogen (secondary N) is 1. The molecular weight excluding hydrogens is 170 g/mol. The zero-order valence-electron chi connectivity index (χ0n) is 8.42. The van der Waals surface area contributed by atoms with Gasteiger partial charge in [0.05, 0.1) is 12.6 Å². The van der Waals surface area contributed by atoms with Crippen LogP contribution in [0.4, 0.5) is 4.79 Å². The molecule has 0 unspecified atom stereocenters. The first-order valence-electron chi connectivity index (χ1n) is 4.51. The SMILES string of the molecule is CCCCOC(=O)N[C@H](C)C(C)=O. The van der Waals surface area contributed by atoms with Gasteiger partial charge in [0.25, 0.3) is 0 Å². The van der Waals surface area contributed by atoms with Crippen molar-refractivity contribution in [3.05, 3.63) is 0 Å². The van der Waals surface area contributed by atoms with E-state index in [0.29, 0.717) is 6.61 Å². The number of alkyl carbamates (subject to hydrolysis) is 1. The van der Waals surface area contributed by atoms with E-state index in [0.717, 1.165) is 12.8 Å². The van der Waals surface area contributed by atoms with E-state index < -0.39 is 12.1 Å². The number of unbranched alkanes of at least 4 members (excludes halogenated alkanes) is 1. The summed E-state index contributed by atoms with van der Waals surface area (Å²) in [5.74, 6) is -0.0764. The van der Waals surface area contributed by atoms with Gasteiger partial charge >= 0.3 is 6.09 Å². The molecule has 1 atom stereocenters. The molecule has 0 aromatic carbocycles. The largest absolute Gasteiger partial charge is 0.450 e. The molecule has 0 rings (SSSR count). The Morgan fingerprint density at radius 2 is 2.08 bits per heavy atom. The van der Waals surface area contributed by atoms with E-state index in [1.165, 1.54) is 6.92 Å². The van der Waals surface area contributed by atoms with Crippen LogP contribution in [0.1, 0.15) is 33.6 Å². The van der Waals surface area contributed by atoms with Gasteiger partial charge in [-0.25, -0.2) is 4.79 Å². The summed E-state index contributed by atoms with van der Waals surface area (Å²) in [6.07, 6.45) is 1.31. The summed E-state index contributed by atoms with van der Waals surface area (Å²) < 4.78 is 4.80. The lowest BCUT2D eigenvalue weighted by atomic mass is 10.2. The second-order valence-corrected chi connectivity index (χ2v) is 2.97. The van der Waals surface area contributed by atoms with Gasteiger partial charge in [-0.05, 0) is 20.3 Å². The smallest absolute Gasteiger partial charge is 0.407 e. The Bertz CT molecular complexity index is 180. The van der Waals surface area contributed by atoms with Crippen molar-refractivity contribution in [2.45, 2.75) is 39.7 Å². The van der Waals surface area contributed by atoms with Gasteiger partial charge in [-0.3, -0.25) is 4.79 Å². The average molecular weight is 187 g/mol. The van der Waals surface area contributed by atoms with E-state index in [2.05, 4.69) is 5.32 Å². The maximum atomic E-state index is 10.9. The van der Waals surface area contributed by atoms with E-state index in [9.17, 15) is 9.59 Å². The molecule has 4 nitrogen and oxygen atoms in total. The lowest BCUT2D eigenvalue weighted by molar-refractivity contribution is -0.118. The number of ketones is 1. The first-order valence-corrected chi connectivity index (χ1v) is 4.51. The molecule has 0 bridgehead atoms. The fraction of sp³-hybridized carbons (Fsp3) is 0.778. The molecule has 0 saturated carbocycles. The predicted octanol–water partition coefficient (Wildman–Crippen LogP) is 1.49. The molecule has 0 aromatic heterocycles. The van der Waals surface area contributed by atoms with Crippen molar-refractivity contribution in [3.63, 3.8) is 0 Å². The molecule has 0 aromatic rings. The third kappa shape index (κ3) is 6.13. The normalized spacial score (nSPS) is 11.9. The molecule has 0 radical (unpaired) electrons. The molecule has 0 spiro atoms. The Balaban J connectivity index is 3.56. The summed E-state index contributed by atoms with van der Waals surface area (Å²) in [5, 5.41) is 2.43. The van der Waals surface area contributed by atoms with Crippen molar-refractivity contribution in [2.24, 2.45) is 0 Å². The van der Waals surface area contributed by atoms with Crippen molar-refractivity contribution >= 4 is 11.9 Å². The molecule has 0 aliphatic heterocycles. The average Bonchev–Trinajstić information content (AvgIpc) is 2.04. The Labute approximate surface area is 78.6 Å². The van der Waals surface area contributed by atoms with Crippen LogP contribution in [0, 0.1) is 0 Å². The highest BCUT2D eigenvalue weighted by Gasteiger charge is 2.11. The second kappa shape index (κ2) is 6.46. The Morgan fingerprint density at radius 1 is 1.46 bits per heavy atom. The molecular formula is C9H17NO3. The summed E-state index contributed by atoms with van der Waals surface area (Å²) >= 11 is 0. The lowest BCUT2D eigenvalue weighted by Gasteiger charge is -2.10. The van der Waals surface area contributed by atoms with Gasteiger partial charge in [0.2, 0.25) is 0 Å². The van der Waals surface area contributed by atoms with E-state index in [1.807, 2.05) is 6.92 Å². The predicted molar refractivity (Wildman–Crippen MR) is 49.5 cm³/mol. The van der Waals surface area contributed by atoms with Crippen LogP contribution in [0.25, 0.3) is 0 Å². The van der Waals surface area contributed by atoms with Crippen LogP contribution < -0.4 is 5.32 Å². The van der Waals surface area contributed by atoms with Gasteiger partial charge in [0.1, 0.15) is 0 Å². The minimum Gasteiger partial charge on any atom is -0.450 e. The number of carbonyl (C=O) groups is 2. The molecule has 4 heteroatoms. The van der Waals surface area contributed by atoms with Crippen LogP contribution in [-0.2, 0) is 9.53 Å². The summed E-state index contributed by atoms with van der Waals surface area (Å²) in [6, 6.07) is -0.464. The van der Waals surface area contributed by atoms with Crippen molar-refractivity contribution in [1.29, 1.82) is 0 Å². The number of Topliss-reactive ketones (excluding diaryl/α,β-unsaturated/α-hetero) is 1. The quantitative estimate of drug-likeness (QED) is 0.663. The minimum atomic E-state index is -0.517. The molecule has 0 fully saturated rings. The number of amides is 1. The van der Waals surface area contributed by atoms with Gasteiger partial charge in [-0.2, -0.15) is 0 Å². The van der Waals surface area contributed by atoms with Crippen molar-refractivity contribution in [3.8, 4) is 0 Å². The zero-order valence-corrected chi connectivity index (χ0v) is 8.42. The van der Waals surface area contributed by atoms with Crippen LogP contribution in [0.2, 0.25) is 0 Å². The zero-order chi connectivity index (χ0) is 10.3. The molecule has 0 aliphatic carbocycles. The maximum absolute atomic E-state index is 10.9. The van der Waals surface area contributed by atoms with Crippen LogP contribution in [0.5, 0.6) is 0 Å². The monoisotopic (exact) mass is 187 g/mol. The first kappa shape index (κ1) is 11.9. The first-order chi connectivity index (χ1) is 6.07. The number of ether oxygens (including phenoxy) is 1. The van der Waals surface area contributed by atoms with Gasteiger partial charge < -0.3 is 10.1 Å². The Morgan fingerprint density at radius 3 is 2.54 bits per heavy atom. The van der Waals surface area contributed by atoms with E-state index >= 15 is 0 Å². The van der Waals surface area contributed by atoms with Crippen LogP contribution in [-0.4, -0.2) is 24.5 Å². The minimum absolute atomic E-state index is 0.0764. The molecule has 0 aliphatic rings. The van der Waals surface area contributed by atoms with E-state index in [1.54, 1.807) is 6.92 Å². The third-order valence-corrected chi connectivity index (χ3v) is 1.68. The number of hydrogen-bond donors (Lipinski definition) is 1. The van der Waals surface area contributed by atoms with Crippen LogP contribution >= 0.6 is 0 Å². The van der Waals surface area contributed by atoms with Gasteiger partial charge in [0, 0.05) is 0 Å². The van der Waals surface area contributed by atoms with Crippen molar-refractivity contribution in [2.75, 3.05) is 6.61 Å².